The van der Waals surface area contributed by atoms with Gasteiger partial charge in [-0.15, -0.1) is 0 Å². The van der Waals surface area contributed by atoms with E-state index in [9.17, 15) is 0 Å². The number of hydrogen-bond acceptors (Lipinski definition) is 2. The molecule has 0 saturated carbocycles. The minimum atomic E-state index is 0.884. The summed E-state index contributed by atoms with van der Waals surface area (Å²) in [6.07, 6.45) is 3.03. The summed E-state index contributed by atoms with van der Waals surface area (Å²) in [4.78, 5) is 0. The Morgan fingerprint density at radius 2 is 1.67 bits per heavy atom. The quantitative estimate of drug-likeness (QED) is 0.410. The van der Waals surface area contributed by atoms with E-state index >= 15 is 0 Å². The van der Waals surface area contributed by atoms with Crippen molar-refractivity contribution in [3.8, 4) is 0 Å². The Hall–Kier alpha value is -0.490. The molecule has 0 aliphatic rings. The normalized spacial score (nSPS) is 11.8. The fourth-order valence-electron chi connectivity index (χ4n) is 0.509. The molecule has 1 N–H and O–H groups in total. The molecular formula is C9H20NOP. The first-order chi connectivity index (χ1) is 5.57. The zero-order valence-electron chi connectivity index (χ0n) is 8.63. The molecule has 0 aliphatic carbocycles. The first-order valence-corrected chi connectivity index (χ1v) is 4.57. The predicted molar refractivity (Wildman–Crippen MR) is 59.0 cm³/mol. The van der Waals surface area contributed by atoms with Crippen LogP contribution in [-0.2, 0) is 0 Å². The molecule has 0 aliphatic heterocycles. The lowest BCUT2D eigenvalue weighted by atomic mass is 10.2. The molecule has 0 fully saturated rings. The molecule has 0 aromatic heterocycles. The van der Waals surface area contributed by atoms with Gasteiger partial charge in [-0.05, 0) is 34.4 Å². The topological polar surface area (TPSA) is 23.5 Å². The monoisotopic (exact) mass is 189 g/mol. The summed E-state index contributed by atoms with van der Waals surface area (Å²) in [6.45, 7) is 7.81. The van der Waals surface area contributed by atoms with E-state index in [4.69, 9.17) is 5.11 Å². The van der Waals surface area contributed by atoms with Crippen molar-refractivity contribution in [1.82, 2.24) is 4.67 Å². The Kier molecular flexibility index (Phi) is 10.1. The van der Waals surface area contributed by atoms with E-state index in [1.165, 1.54) is 0 Å². The van der Waals surface area contributed by atoms with Crippen molar-refractivity contribution in [2.24, 2.45) is 0 Å². The van der Waals surface area contributed by atoms with Crippen molar-refractivity contribution in [2.45, 2.75) is 27.7 Å². The summed E-state index contributed by atoms with van der Waals surface area (Å²) in [5.74, 6) is 0. The number of nitrogens with zero attached hydrogens (tertiary/aromatic N) is 1. The lowest BCUT2D eigenvalue weighted by molar-refractivity contribution is 0.468. The number of hydrogen-bond donors (Lipinski definition) is 1. The van der Waals surface area contributed by atoms with E-state index in [0.29, 0.717) is 0 Å². The Morgan fingerprint density at radius 3 is 1.92 bits per heavy atom. The molecule has 0 aromatic carbocycles. The van der Waals surface area contributed by atoms with Crippen molar-refractivity contribution in [2.75, 3.05) is 7.05 Å². The molecule has 0 saturated heterocycles. The van der Waals surface area contributed by atoms with Crippen molar-refractivity contribution >= 4 is 9.39 Å². The molecule has 1 unspecified atom stereocenters. The van der Waals surface area contributed by atoms with Gasteiger partial charge in [0, 0.05) is 13.2 Å². The Balaban J connectivity index is 0. The molecule has 0 bridgehead atoms. The smallest absolute Gasteiger partial charge is 0.0823 e. The van der Waals surface area contributed by atoms with Gasteiger partial charge in [0.15, 0.2) is 0 Å². The summed E-state index contributed by atoms with van der Waals surface area (Å²) in [5, 5.41) is 8.59. The fraction of sp³-hybridized carbons (Fsp3) is 0.556. The second kappa shape index (κ2) is 8.61. The highest BCUT2D eigenvalue weighted by Gasteiger charge is 1.91. The number of aliphatic hydroxyl groups excluding tert-OH is 1. The number of rotatable bonds is 2. The summed E-state index contributed by atoms with van der Waals surface area (Å²) in [7, 11) is 4.43. The summed E-state index contributed by atoms with van der Waals surface area (Å²) >= 11 is 0. The standard InChI is InChI=1S/C7H14NOP.C2H6/c1-6(4-8(3)10)7(2)5-9;1-2/h4-5,9H,10H2,1-3H3;1-2H3/b6-4+,7-5+;. The lowest BCUT2D eigenvalue weighted by Crippen LogP contribution is -1.93. The van der Waals surface area contributed by atoms with Gasteiger partial charge in [-0.25, -0.2) is 0 Å². The third kappa shape index (κ3) is 7.62. The van der Waals surface area contributed by atoms with Gasteiger partial charge < -0.3 is 9.78 Å². The van der Waals surface area contributed by atoms with Crippen LogP contribution >= 0.6 is 9.39 Å². The second-order valence-electron chi connectivity index (χ2n) is 2.29. The van der Waals surface area contributed by atoms with E-state index in [1.807, 2.05) is 45.6 Å². The van der Waals surface area contributed by atoms with Gasteiger partial charge in [0.2, 0.25) is 0 Å². The minimum Gasteiger partial charge on any atom is -0.515 e. The molecule has 0 spiro atoms. The average molecular weight is 189 g/mol. The third-order valence-electron chi connectivity index (χ3n) is 1.21. The average Bonchev–Trinajstić information content (AvgIpc) is 2.05. The molecule has 12 heavy (non-hydrogen) atoms. The van der Waals surface area contributed by atoms with Gasteiger partial charge in [0.1, 0.15) is 0 Å². The van der Waals surface area contributed by atoms with Crippen LogP contribution in [0.3, 0.4) is 0 Å². The molecule has 0 radical (unpaired) electrons. The van der Waals surface area contributed by atoms with Crippen molar-refractivity contribution in [3.63, 3.8) is 0 Å². The van der Waals surface area contributed by atoms with E-state index in [-0.39, 0.29) is 0 Å². The van der Waals surface area contributed by atoms with Crippen LogP contribution in [0.15, 0.2) is 23.6 Å². The molecule has 72 valence electrons. The molecule has 0 aromatic rings. The number of allylic oxidation sites excluding steroid dienone is 2. The molecule has 3 heteroatoms. The summed E-state index contributed by atoms with van der Waals surface area (Å²) in [6, 6.07) is 0. The van der Waals surface area contributed by atoms with Gasteiger partial charge in [0.25, 0.3) is 0 Å². The molecule has 0 amide bonds. The van der Waals surface area contributed by atoms with E-state index in [1.54, 1.807) is 0 Å². The van der Waals surface area contributed by atoms with Crippen LogP contribution in [0.4, 0.5) is 0 Å². The van der Waals surface area contributed by atoms with Gasteiger partial charge in [-0.3, -0.25) is 0 Å². The Morgan fingerprint density at radius 1 is 1.25 bits per heavy atom. The SMILES string of the molecule is CC.CC(=C\O)/C(C)=C/N(C)P. The van der Waals surface area contributed by atoms with Crippen LogP contribution in [0.25, 0.3) is 0 Å². The lowest BCUT2D eigenvalue weighted by Gasteiger charge is -2.06. The Labute approximate surface area is 78.2 Å². The van der Waals surface area contributed by atoms with Crippen LogP contribution in [0.5, 0.6) is 0 Å². The van der Waals surface area contributed by atoms with Crippen LogP contribution in [0.1, 0.15) is 27.7 Å². The van der Waals surface area contributed by atoms with Crippen LogP contribution in [0, 0.1) is 0 Å². The largest absolute Gasteiger partial charge is 0.515 e. The highest BCUT2D eigenvalue weighted by Crippen LogP contribution is 2.08. The highest BCUT2D eigenvalue weighted by atomic mass is 31.0. The van der Waals surface area contributed by atoms with Gasteiger partial charge in [-0.2, -0.15) is 0 Å². The van der Waals surface area contributed by atoms with Crippen molar-refractivity contribution in [3.05, 3.63) is 23.6 Å². The van der Waals surface area contributed by atoms with E-state index in [2.05, 4.69) is 9.39 Å². The zero-order chi connectivity index (χ0) is 10.1. The number of aliphatic hydroxyl groups is 1. The maximum Gasteiger partial charge on any atom is 0.0823 e. The molecule has 2 nitrogen and oxygen atoms in total. The first-order valence-electron chi connectivity index (χ1n) is 4.05. The second-order valence-corrected chi connectivity index (χ2v) is 3.10. The summed E-state index contributed by atoms with van der Waals surface area (Å²) < 4.78 is 1.86. The molecule has 0 heterocycles. The zero-order valence-corrected chi connectivity index (χ0v) is 9.78. The summed E-state index contributed by atoms with van der Waals surface area (Å²) in [5.41, 5.74) is 1.94. The van der Waals surface area contributed by atoms with Crippen molar-refractivity contribution < 1.29 is 5.11 Å². The third-order valence-corrected chi connectivity index (χ3v) is 1.36. The fourth-order valence-corrected chi connectivity index (χ4v) is 0.733. The van der Waals surface area contributed by atoms with Crippen molar-refractivity contribution in [1.29, 1.82) is 0 Å². The maximum atomic E-state index is 8.59. The molecule has 1 atom stereocenters. The van der Waals surface area contributed by atoms with Gasteiger partial charge >= 0.3 is 0 Å². The maximum absolute atomic E-state index is 8.59. The van der Waals surface area contributed by atoms with Crippen LogP contribution in [0.2, 0.25) is 0 Å². The highest BCUT2D eigenvalue weighted by molar-refractivity contribution is 7.13. The van der Waals surface area contributed by atoms with E-state index < -0.39 is 0 Å². The van der Waals surface area contributed by atoms with E-state index in [0.717, 1.165) is 17.4 Å². The Bertz CT molecular complexity index is 162. The molecule has 0 rings (SSSR count). The van der Waals surface area contributed by atoms with Gasteiger partial charge in [-0.1, -0.05) is 13.8 Å². The van der Waals surface area contributed by atoms with Gasteiger partial charge in [0.05, 0.1) is 6.26 Å². The van der Waals surface area contributed by atoms with Crippen LogP contribution in [-0.4, -0.2) is 16.8 Å². The molecular weight excluding hydrogens is 169 g/mol. The minimum absolute atomic E-state index is 0.884. The first kappa shape index (κ1) is 14.1. The predicted octanol–water partition coefficient (Wildman–Crippen LogP) is 3.10. The van der Waals surface area contributed by atoms with Crippen LogP contribution < -0.4 is 0 Å².